The van der Waals surface area contributed by atoms with E-state index in [1.165, 1.54) is 54.2 Å². The van der Waals surface area contributed by atoms with Crippen molar-refractivity contribution in [2.45, 2.75) is 0 Å². The second kappa shape index (κ2) is 11.8. The molecule has 266 valence electrons. The molecule has 12 aromatic rings. The van der Waals surface area contributed by atoms with Gasteiger partial charge in [-0.25, -0.2) is 0 Å². The van der Waals surface area contributed by atoms with Crippen molar-refractivity contribution in [1.29, 1.82) is 0 Å². The van der Waals surface area contributed by atoms with E-state index in [0.717, 1.165) is 61.1 Å². The number of hydrogen-bond donors (Lipinski definition) is 0. The van der Waals surface area contributed by atoms with Gasteiger partial charge >= 0.3 is 318 Å². The molecule has 1 aliphatic heterocycles. The summed E-state index contributed by atoms with van der Waals surface area (Å²) in [4.78, 5) is 10.9. The van der Waals surface area contributed by atoms with Gasteiger partial charge in [0.1, 0.15) is 0 Å². The third-order valence-corrected chi connectivity index (χ3v) is 17.7. The van der Waals surface area contributed by atoms with E-state index in [9.17, 15) is 0 Å². The molecule has 0 saturated carbocycles. The van der Waals surface area contributed by atoms with Gasteiger partial charge in [-0.1, -0.05) is 12.1 Å². The van der Waals surface area contributed by atoms with E-state index in [0.29, 0.717) is 0 Å². The minimum absolute atomic E-state index is 0.811. The molecule has 9 aromatic carbocycles. The number of para-hydroxylation sites is 3. The predicted octanol–water partition coefficient (Wildman–Crippen LogP) is 14.0. The first kappa shape index (κ1) is 31.4. The number of halogens is 1. The van der Waals surface area contributed by atoms with Gasteiger partial charge < -0.3 is 0 Å². The van der Waals surface area contributed by atoms with Gasteiger partial charge in [-0.05, 0) is 6.07 Å². The summed E-state index contributed by atoms with van der Waals surface area (Å²) in [6.45, 7) is 0. The van der Waals surface area contributed by atoms with Gasteiger partial charge in [-0.15, -0.1) is 0 Å². The van der Waals surface area contributed by atoms with E-state index < -0.39 is 19.8 Å². The van der Waals surface area contributed by atoms with Crippen LogP contribution < -0.4 is 0 Å². The van der Waals surface area contributed by atoms with Crippen LogP contribution in [0, 0.1) is 10.7 Å². The van der Waals surface area contributed by atoms with Crippen LogP contribution in [0.2, 0.25) is 0 Å². The molecule has 0 atom stereocenters. The second-order valence-corrected chi connectivity index (χ2v) is 20.0. The average molecular weight is 840 g/mol. The van der Waals surface area contributed by atoms with Gasteiger partial charge in [-0.3, -0.25) is 0 Å². The van der Waals surface area contributed by atoms with Gasteiger partial charge in [0.2, 0.25) is 0 Å². The van der Waals surface area contributed by atoms with E-state index >= 15 is 0 Å². The van der Waals surface area contributed by atoms with Crippen LogP contribution >= 0.6 is 19.8 Å². The van der Waals surface area contributed by atoms with Crippen LogP contribution in [0.25, 0.3) is 105 Å². The van der Waals surface area contributed by atoms with Crippen molar-refractivity contribution in [1.82, 2.24) is 14.5 Å². The van der Waals surface area contributed by atoms with Crippen LogP contribution in [0.1, 0.15) is 0 Å². The van der Waals surface area contributed by atoms with Crippen molar-refractivity contribution in [2.75, 3.05) is 0 Å². The van der Waals surface area contributed by atoms with Crippen LogP contribution in [-0.2, 0) is 0 Å². The quantitative estimate of drug-likeness (QED) is 0.167. The number of hydrogen-bond acceptors (Lipinski definition) is 3. The predicted molar refractivity (Wildman–Crippen MR) is 244 cm³/mol. The van der Waals surface area contributed by atoms with Crippen LogP contribution in [0.5, 0.6) is 0 Å². The fraction of sp³-hybridized carbons (Fsp3) is 0. The molecule has 4 nitrogen and oxygen atoms in total. The molecular formula is C52H30IN3O. The Hall–Kier alpha value is -6.83. The molecule has 13 rings (SSSR count). The Labute approximate surface area is 334 Å². The van der Waals surface area contributed by atoms with Gasteiger partial charge in [0.25, 0.3) is 0 Å². The fourth-order valence-corrected chi connectivity index (χ4v) is 15.5. The maximum absolute atomic E-state index is 6.25. The molecule has 0 N–H and O–H groups in total. The summed E-state index contributed by atoms with van der Waals surface area (Å²) in [5.41, 5.74) is 10.3. The minimum atomic E-state index is -2.08. The van der Waals surface area contributed by atoms with Crippen LogP contribution in [-0.4, -0.2) is 14.5 Å². The molecule has 3 aromatic heterocycles. The first-order valence-electron chi connectivity index (χ1n) is 19.2. The summed E-state index contributed by atoms with van der Waals surface area (Å²) in [5.74, 6) is 0.811. The van der Waals surface area contributed by atoms with Crippen molar-refractivity contribution in [3.63, 3.8) is 0 Å². The van der Waals surface area contributed by atoms with Gasteiger partial charge in [-0.2, -0.15) is 0 Å². The second-order valence-electron chi connectivity index (χ2n) is 14.8. The molecule has 1 aliphatic rings. The van der Waals surface area contributed by atoms with Crippen LogP contribution in [0.15, 0.2) is 186 Å². The molecule has 0 fully saturated rings. The molecular weight excluding hydrogens is 809 g/mol. The SMILES string of the molecule is c1ccc2c(c1)-c1cc3ccccc3cc1I2c1ccc2c(c1)c1c3ccccc3ccc1n2-c1nc2ccccc2nc1-c1ccc2oc3ccccc3c2c1. The van der Waals surface area contributed by atoms with Crippen molar-refractivity contribution in [3.05, 3.63) is 193 Å². The van der Waals surface area contributed by atoms with Crippen molar-refractivity contribution >= 4 is 96.1 Å². The Morgan fingerprint density at radius 2 is 1.14 bits per heavy atom. The standard InChI is InChI=1S/C52H30IN3O/c1-2-13-33-29-43-39(27-32(33)12-1)37-15-5-7-17-42(37)53(43)35-23-25-46-41(30-35)50-36-14-4-3-11-31(36)21-24-47(50)56(46)52-51(54-44-18-8-9-19-45(44)55-52)34-22-26-49-40(28-34)38-16-6-10-20-48(38)57-49/h1-30H. The molecule has 5 heteroatoms. The molecule has 0 aliphatic carbocycles. The number of furan rings is 1. The van der Waals surface area contributed by atoms with Crippen LogP contribution in [0.4, 0.5) is 0 Å². The zero-order valence-electron chi connectivity index (χ0n) is 30.4. The van der Waals surface area contributed by atoms with Crippen molar-refractivity contribution < 1.29 is 4.42 Å². The molecule has 0 unspecified atom stereocenters. The number of benzene rings is 9. The summed E-state index contributed by atoms with van der Waals surface area (Å²) < 4.78 is 13.1. The summed E-state index contributed by atoms with van der Waals surface area (Å²) in [6.07, 6.45) is 0. The van der Waals surface area contributed by atoms with E-state index in [2.05, 4.69) is 162 Å². The van der Waals surface area contributed by atoms with Crippen LogP contribution in [0.3, 0.4) is 0 Å². The Balaban J connectivity index is 1.11. The molecule has 57 heavy (non-hydrogen) atoms. The first-order valence-corrected chi connectivity index (χ1v) is 22.5. The topological polar surface area (TPSA) is 43.9 Å². The van der Waals surface area contributed by atoms with E-state index in [1.807, 2.05) is 24.3 Å². The monoisotopic (exact) mass is 839 g/mol. The summed E-state index contributed by atoms with van der Waals surface area (Å²) in [5, 5.41) is 9.69. The zero-order valence-corrected chi connectivity index (χ0v) is 32.6. The number of rotatable bonds is 3. The number of aromatic nitrogens is 3. The van der Waals surface area contributed by atoms with E-state index in [4.69, 9.17) is 14.4 Å². The molecule has 0 radical (unpaired) electrons. The van der Waals surface area contributed by atoms with Gasteiger partial charge in [0.05, 0.1) is 0 Å². The van der Waals surface area contributed by atoms with E-state index in [-0.39, 0.29) is 0 Å². The Kier molecular flexibility index (Phi) is 6.52. The summed E-state index contributed by atoms with van der Waals surface area (Å²) >= 11 is -2.08. The Bertz CT molecular complexity index is 3670. The molecule has 0 bridgehead atoms. The number of nitrogens with zero attached hydrogens (tertiary/aromatic N) is 3. The summed E-state index contributed by atoms with van der Waals surface area (Å²) in [6, 6.07) is 66.2. The van der Waals surface area contributed by atoms with Crippen molar-refractivity contribution in [3.8, 4) is 28.2 Å². The van der Waals surface area contributed by atoms with Gasteiger partial charge in [0.15, 0.2) is 0 Å². The van der Waals surface area contributed by atoms with Crippen molar-refractivity contribution in [2.24, 2.45) is 0 Å². The number of fused-ring (bicyclic) bond motifs is 13. The third-order valence-electron chi connectivity index (χ3n) is 11.7. The molecule has 0 spiro atoms. The average Bonchev–Trinajstić information content (AvgIpc) is 3.92. The Morgan fingerprint density at radius 3 is 2.04 bits per heavy atom. The summed E-state index contributed by atoms with van der Waals surface area (Å²) in [7, 11) is 0. The normalized spacial score (nSPS) is 13.2. The zero-order chi connectivity index (χ0) is 37.2. The first-order chi connectivity index (χ1) is 28.2. The Morgan fingerprint density at radius 1 is 0.439 bits per heavy atom. The third kappa shape index (κ3) is 4.54. The maximum atomic E-state index is 6.25. The molecule has 4 heterocycles. The molecule has 0 amide bonds. The molecule has 0 saturated heterocycles. The van der Waals surface area contributed by atoms with Gasteiger partial charge in [0, 0.05) is 0 Å². The van der Waals surface area contributed by atoms with E-state index in [1.54, 1.807) is 0 Å². The fourth-order valence-electron chi connectivity index (χ4n) is 9.09.